The highest BCUT2D eigenvalue weighted by molar-refractivity contribution is 5.25. The van der Waals surface area contributed by atoms with Gasteiger partial charge in [-0.1, -0.05) is 12.1 Å². The van der Waals surface area contributed by atoms with Crippen LogP contribution in [-0.4, -0.2) is 28.7 Å². The first-order chi connectivity index (χ1) is 9.00. The zero-order valence-corrected chi connectivity index (χ0v) is 11.5. The molecule has 0 spiro atoms. The summed E-state index contributed by atoms with van der Waals surface area (Å²) in [6, 6.07) is 5.07. The second-order valence-corrected chi connectivity index (χ2v) is 5.76. The predicted octanol–water partition coefficient (Wildman–Crippen LogP) is 2.02. The fourth-order valence-electron chi connectivity index (χ4n) is 2.59. The van der Waals surface area contributed by atoms with Crippen molar-refractivity contribution >= 4 is 0 Å². The number of aliphatic hydroxyl groups is 1. The first-order valence-electron chi connectivity index (χ1n) is 6.92. The Morgan fingerprint density at radius 1 is 1.37 bits per heavy atom. The van der Waals surface area contributed by atoms with E-state index in [1.54, 1.807) is 6.07 Å². The number of rotatable bonds is 3. The Bertz CT molecular complexity index is 434. The van der Waals surface area contributed by atoms with E-state index in [4.69, 9.17) is 5.73 Å². The van der Waals surface area contributed by atoms with E-state index in [2.05, 4.69) is 4.90 Å². The lowest BCUT2D eigenvalue weighted by atomic mass is 9.98. The van der Waals surface area contributed by atoms with E-state index in [-0.39, 0.29) is 5.82 Å². The molecule has 1 unspecified atom stereocenters. The maximum absolute atomic E-state index is 13.8. The third kappa shape index (κ3) is 4.00. The van der Waals surface area contributed by atoms with Gasteiger partial charge < -0.3 is 10.8 Å². The maximum atomic E-state index is 13.8. The summed E-state index contributed by atoms with van der Waals surface area (Å²) in [6.45, 7) is 4.62. The first-order valence-corrected chi connectivity index (χ1v) is 6.92. The molecule has 1 fully saturated rings. The highest BCUT2D eigenvalue weighted by Gasteiger charge is 2.25. The maximum Gasteiger partial charge on any atom is 0.127 e. The molecule has 106 valence electrons. The molecule has 1 aromatic carbocycles. The summed E-state index contributed by atoms with van der Waals surface area (Å²) >= 11 is 0. The molecule has 1 aromatic rings. The Labute approximate surface area is 114 Å². The van der Waals surface area contributed by atoms with Crippen molar-refractivity contribution in [3.63, 3.8) is 0 Å². The normalized spacial score (nSPS) is 25.3. The quantitative estimate of drug-likeness (QED) is 0.880. The Kier molecular flexibility index (Phi) is 4.55. The Morgan fingerprint density at radius 3 is 2.89 bits per heavy atom. The second kappa shape index (κ2) is 5.99. The molecule has 3 N–H and O–H groups in total. The molecule has 2 rings (SSSR count). The van der Waals surface area contributed by atoms with Crippen LogP contribution in [0.25, 0.3) is 0 Å². The van der Waals surface area contributed by atoms with Crippen LogP contribution < -0.4 is 5.73 Å². The molecular formula is C15H23FN2O. The zero-order chi connectivity index (χ0) is 13.9. The number of hydrogen-bond acceptors (Lipinski definition) is 3. The van der Waals surface area contributed by atoms with Gasteiger partial charge in [-0.2, -0.15) is 0 Å². The van der Waals surface area contributed by atoms with Gasteiger partial charge in [0.1, 0.15) is 5.82 Å². The monoisotopic (exact) mass is 266 g/mol. The number of nitrogens with zero attached hydrogens (tertiary/aromatic N) is 1. The number of hydrogen-bond donors (Lipinski definition) is 2. The first kappa shape index (κ1) is 14.4. The fourth-order valence-corrected chi connectivity index (χ4v) is 2.59. The van der Waals surface area contributed by atoms with Crippen LogP contribution in [0.4, 0.5) is 4.39 Å². The van der Waals surface area contributed by atoms with Crippen molar-refractivity contribution in [2.75, 3.05) is 13.1 Å². The molecule has 1 aliphatic heterocycles. The van der Waals surface area contributed by atoms with Gasteiger partial charge in [-0.25, -0.2) is 4.39 Å². The Balaban J connectivity index is 2.04. The summed E-state index contributed by atoms with van der Waals surface area (Å²) in [5.41, 5.74) is 6.67. The summed E-state index contributed by atoms with van der Waals surface area (Å²) in [4.78, 5) is 2.21. The second-order valence-electron chi connectivity index (χ2n) is 5.76. The molecule has 4 heteroatoms. The average molecular weight is 266 g/mol. The highest BCUT2D eigenvalue weighted by atomic mass is 19.1. The van der Waals surface area contributed by atoms with Gasteiger partial charge in [0, 0.05) is 25.2 Å². The van der Waals surface area contributed by atoms with Crippen LogP contribution in [-0.2, 0) is 13.1 Å². The summed E-state index contributed by atoms with van der Waals surface area (Å²) in [5.74, 6) is -0.173. The van der Waals surface area contributed by atoms with Gasteiger partial charge >= 0.3 is 0 Å². The molecule has 0 aromatic heterocycles. The van der Waals surface area contributed by atoms with Crippen LogP contribution in [0.3, 0.4) is 0 Å². The largest absolute Gasteiger partial charge is 0.390 e. The van der Waals surface area contributed by atoms with Gasteiger partial charge in [-0.15, -0.1) is 0 Å². The summed E-state index contributed by atoms with van der Waals surface area (Å²) < 4.78 is 13.8. The summed E-state index contributed by atoms with van der Waals surface area (Å²) in [7, 11) is 0. The van der Waals surface area contributed by atoms with Crippen molar-refractivity contribution in [3.05, 3.63) is 35.1 Å². The van der Waals surface area contributed by atoms with Crippen LogP contribution in [0.2, 0.25) is 0 Å². The number of halogens is 1. The van der Waals surface area contributed by atoms with Crippen molar-refractivity contribution in [1.82, 2.24) is 4.90 Å². The molecule has 1 heterocycles. The molecule has 0 saturated carbocycles. The smallest absolute Gasteiger partial charge is 0.127 e. The Hall–Kier alpha value is -0.970. The molecule has 1 atom stereocenters. The summed E-state index contributed by atoms with van der Waals surface area (Å²) in [5, 5.41) is 10.1. The van der Waals surface area contributed by atoms with Crippen molar-refractivity contribution in [1.29, 1.82) is 0 Å². The third-order valence-electron chi connectivity index (χ3n) is 3.90. The molecule has 19 heavy (non-hydrogen) atoms. The van der Waals surface area contributed by atoms with Crippen LogP contribution in [0, 0.1) is 5.82 Å². The minimum absolute atomic E-state index is 0.173. The van der Waals surface area contributed by atoms with E-state index in [9.17, 15) is 9.50 Å². The van der Waals surface area contributed by atoms with Crippen molar-refractivity contribution < 1.29 is 9.50 Å². The van der Waals surface area contributed by atoms with Gasteiger partial charge in [0.05, 0.1) is 5.60 Å². The van der Waals surface area contributed by atoms with E-state index >= 15 is 0 Å². The molecule has 0 bridgehead atoms. The van der Waals surface area contributed by atoms with E-state index in [1.165, 1.54) is 6.07 Å². The van der Waals surface area contributed by atoms with Crippen LogP contribution in [0.5, 0.6) is 0 Å². The van der Waals surface area contributed by atoms with Crippen molar-refractivity contribution in [2.45, 2.75) is 44.9 Å². The molecule has 1 saturated heterocycles. The van der Waals surface area contributed by atoms with Gasteiger partial charge in [-0.3, -0.25) is 4.90 Å². The van der Waals surface area contributed by atoms with E-state index in [1.807, 2.05) is 13.0 Å². The number of nitrogens with two attached hydrogens (primary N) is 1. The van der Waals surface area contributed by atoms with E-state index in [0.717, 1.165) is 37.9 Å². The average Bonchev–Trinajstić information content (AvgIpc) is 2.54. The molecular weight excluding hydrogens is 243 g/mol. The van der Waals surface area contributed by atoms with Gasteiger partial charge in [-0.05, 0) is 44.4 Å². The molecule has 3 nitrogen and oxygen atoms in total. The predicted molar refractivity (Wildman–Crippen MR) is 74.0 cm³/mol. The lowest BCUT2D eigenvalue weighted by Crippen LogP contribution is -2.28. The van der Waals surface area contributed by atoms with Crippen molar-refractivity contribution in [3.8, 4) is 0 Å². The zero-order valence-electron chi connectivity index (χ0n) is 11.5. The van der Waals surface area contributed by atoms with Gasteiger partial charge in [0.25, 0.3) is 0 Å². The lowest BCUT2D eigenvalue weighted by Gasteiger charge is -2.22. The standard InChI is InChI=1S/C15H23FN2O/c1-15(19)5-2-7-18(8-6-15)11-13-9-12(10-17)3-4-14(13)16/h3-4,9,19H,2,5-8,10-11,17H2,1H3. The lowest BCUT2D eigenvalue weighted by molar-refractivity contribution is 0.0444. The Morgan fingerprint density at radius 2 is 2.16 bits per heavy atom. The number of likely N-dealkylation sites (tertiary alicyclic amines) is 1. The summed E-state index contributed by atoms with van der Waals surface area (Å²) in [6.07, 6.45) is 2.51. The third-order valence-corrected chi connectivity index (χ3v) is 3.90. The SMILES string of the molecule is CC1(O)CCCN(Cc2cc(CN)ccc2F)CC1. The molecule has 0 amide bonds. The van der Waals surface area contributed by atoms with Crippen LogP contribution >= 0.6 is 0 Å². The topological polar surface area (TPSA) is 49.5 Å². The van der Waals surface area contributed by atoms with Crippen molar-refractivity contribution in [2.24, 2.45) is 5.73 Å². The minimum atomic E-state index is -0.577. The molecule has 0 radical (unpaired) electrons. The molecule has 1 aliphatic rings. The molecule has 0 aliphatic carbocycles. The van der Waals surface area contributed by atoms with Gasteiger partial charge in [0.15, 0.2) is 0 Å². The van der Waals surface area contributed by atoms with Gasteiger partial charge in [0.2, 0.25) is 0 Å². The van der Waals surface area contributed by atoms with Crippen LogP contribution in [0.15, 0.2) is 18.2 Å². The van der Waals surface area contributed by atoms with Crippen LogP contribution in [0.1, 0.15) is 37.3 Å². The van der Waals surface area contributed by atoms with E-state index < -0.39 is 5.60 Å². The van der Waals surface area contributed by atoms with E-state index in [0.29, 0.717) is 18.7 Å². The fraction of sp³-hybridized carbons (Fsp3) is 0.600. The minimum Gasteiger partial charge on any atom is -0.390 e. The highest BCUT2D eigenvalue weighted by Crippen LogP contribution is 2.23. The number of benzene rings is 1.